The lowest BCUT2D eigenvalue weighted by Crippen LogP contribution is -2.49. The summed E-state index contributed by atoms with van der Waals surface area (Å²) in [4.78, 5) is 1.16. The van der Waals surface area contributed by atoms with Crippen LogP contribution in [0.25, 0.3) is 11.3 Å². The molecule has 0 radical (unpaired) electrons. The number of alkyl halides is 3. The fraction of sp³-hybridized carbons (Fsp3) is 0.333. The third-order valence-corrected chi connectivity index (χ3v) is 8.10. The van der Waals surface area contributed by atoms with Crippen LogP contribution in [0.1, 0.15) is 22.3 Å². The lowest BCUT2D eigenvalue weighted by atomic mass is 9.99. The SMILES string of the molecule is Cc1cc(C)c(-c2ccc(N3CCN(S(=O)(=O)c4ccccc4C(F)(F)F)CC3)nn2)cc1C. The summed E-state index contributed by atoms with van der Waals surface area (Å²) >= 11 is 0. The minimum Gasteiger partial charge on any atom is -0.352 e. The molecule has 0 unspecified atom stereocenters. The number of sulfonamides is 1. The largest absolute Gasteiger partial charge is 0.417 e. The molecule has 1 fully saturated rings. The average molecular weight is 491 g/mol. The molecule has 1 saturated heterocycles. The number of hydrogen-bond acceptors (Lipinski definition) is 5. The normalized spacial score (nSPS) is 15.5. The van der Waals surface area contributed by atoms with E-state index in [0.717, 1.165) is 38.8 Å². The number of aromatic nitrogens is 2. The van der Waals surface area contributed by atoms with Gasteiger partial charge in [0, 0.05) is 31.7 Å². The van der Waals surface area contributed by atoms with Crippen LogP contribution in [0, 0.1) is 20.8 Å². The summed E-state index contributed by atoms with van der Waals surface area (Å²) in [5, 5.41) is 8.68. The minimum absolute atomic E-state index is 0.0498. The molecule has 1 aliphatic rings. The Morgan fingerprint density at radius 2 is 1.47 bits per heavy atom. The number of aryl methyl sites for hydroxylation is 3. The molecule has 1 aromatic heterocycles. The first-order valence-electron chi connectivity index (χ1n) is 10.8. The molecular formula is C24H25F3N4O2S. The van der Waals surface area contributed by atoms with Crippen LogP contribution in [-0.4, -0.2) is 49.1 Å². The van der Waals surface area contributed by atoms with Crippen LogP contribution in [0.3, 0.4) is 0 Å². The second-order valence-electron chi connectivity index (χ2n) is 8.41. The first-order chi connectivity index (χ1) is 16.0. The van der Waals surface area contributed by atoms with Gasteiger partial charge in [-0.15, -0.1) is 10.2 Å². The van der Waals surface area contributed by atoms with Crippen LogP contribution in [0.15, 0.2) is 53.4 Å². The standard InChI is InChI=1S/C24H25F3N4O2S/c1-16-14-18(3)19(15-17(16)2)21-8-9-23(29-28-21)30-10-12-31(13-11-30)34(32,33)22-7-5-4-6-20(22)24(25,26)27/h4-9,14-15H,10-13H2,1-3H3. The second kappa shape index (κ2) is 8.99. The molecule has 0 spiro atoms. The van der Waals surface area contributed by atoms with Crippen molar-refractivity contribution >= 4 is 15.8 Å². The van der Waals surface area contributed by atoms with E-state index in [1.165, 1.54) is 17.7 Å². The van der Waals surface area contributed by atoms with E-state index >= 15 is 0 Å². The monoisotopic (exact) mass is 490 g/mol. The Kier molecular flexibility index (Phi) is 6.39. The van der Waals surface area contributed by atoms with Gasteiger partial charge in [0.05, 0.1) is 16.2 Å². The number of benzene rings is 2. The van der Waals surface area contributed by atoms with Crippen molar-refractivity contribution in [3.05, 3.63) is 70.8 Å². The highest BCUT2D eigenvalue weighted by Gasteiger charge is 2.39. The molecule has 0 aliphatic carbocycles. The highest BCUT2D eigenvalue weighted by molar-refractivity contribution is 7.89. The fourth-order valence-corrected chi connectivity index (χ4v) is 5.73. The van der Waals surface area contributed by atoms with Gasteiger partial charge in [-0.25, -0.2) is 8.42 Å². The number of nitrogens with zero attached hydrogens (tertiary/aromatic N) is 4. The van der Waals surface area contributed by atoms with Gasteiger partial charge >= 0.3 is 6.18 Å². The highest BCUT2D eigenvalue weighted by Crippen LogP contribution is 2.35. The van der Waals surface area contributed by atoms with E-state index in [4.69, 9.17) is 0 Å². The smallest absolute Gasteiger partial charge is 0.352 e. The first-order valence-corrected chi connectivity index (χ1v) is 12.3. The van der Waals surface area contributed by atoms with Gasteiger partial charge in [0.2, 0.25) is 10.0 Å². The Bertz CT molecular complexity index is 1300. The quantitative estimate of drug-likeness (QED) is 0.535. The molecule has 6 nitrogen and oxygen atoms in total. The van der Waals surface area contributed by atoms with Gasteiger partial charge in [-0.3, -0.25) is 0 Å². The second-order valence-corrected chi connectivity index (χ2v) is 10.3. The van der Waals surface area contributed by atoms with Crippen LogP contribution in [0.5, 0.6) is 0 Å². The van der Waals surface area contributed by atoms with Crippen molar-refractivity contribution in [2.75, 3.05) is 31.1 Å². The van der Waals surface area contributed by atoms with Crippen molar-refractivity contribution in [2.45, 2.75) is 31.8 Å². The Morgan fingerprint density at radius 3 is 2.09 bits per heavy atom. The maximum absolute atomic E-state index is 13.3. The number of piperazine rings is 1. The molecule has 180 valence electrons. The maximum Gasteiger partial charge on any atom is 0.417 e. The summed E-state index contributed by atoms with van der Waals surface area (Å²) in [6.45, 7) is 6.81. The number of rotatable bonds is 4. The fourth-order valence-electron chi connectivity index (χ4n) is 4.10. The van der Waals surface area contributed by atoms with E-state index in [0.29, 0.717) is 18.9 Å². The molecule has 4 rings (SSSR count). The molecule has 3 aromatic rings. The number of halogens is 3. The minimum atomic E-state index is -4.75. The summed E-state index contributed by atoms with van der Waals surface area (Å²) in [5.41, 5.74) is 4.06. The van der Waals surface area contributed by atoms with E-state index in [1.54, 1.807) is 0 Å². The van der Waals surface area contributed by atoms with Crippen LogP contribution < -0.4 is 4.90 Å². The zero-order chi connectivity index (χ0) is 24.7. The van der Waals surface area contributed by atoms with Crippen LogP contribution in [-0.2, 0) is 16.2 Å². The molecular weight excluding hydrogens is 465 g/mol. The Labute approximate surface area is 197 Å². The van der Waals surface area contributed by atoms with Crippen molar-refractivity contribution in [1.82, 2.24) is 14.5 Å². The molecule has 0 bridgehead atoms. The van der Waals surface area contributed by atoms with Crippen molar-refractivity contribution in [3.8, 4) is 11.3 Å². The molecule has 0 atom stereocenters. The maximum atomic E-state index is 13.3. The van der Waals surface area contributed by atoms with Crippen molar-refractivity contribution in [3.63, 3.8) is 0 Å². The topological polar surface area (TPSA) is 66.4 Å². The predicted octanol–water partition coefficient (Wildman–Crippen LogP) is 4.60. The molecule has 0 amide bonds. The highest BCUT2D eigenvalue weighted by atomic mass is 32.2. The summed E-state index contributed by atoms with van der Waals surface area (Å²) in [7, 11) is -4.29. The molecule has 1 aliphatic heterocycles. The van der Waals surface area contributed by atoms with E-state index < -0.39 is 26.7 Å². The van der Waals surface area contributed by atoms with Gasteiger partial charge in [0.1, 0.15) is 0 Å². The zero-order valence-electron chi connectivity index (χ0n) is 19.1. The Hall–Kier alpha value is -2.98. The van der Waals surface area contributed by atoms with Crippen LogP contribution in [0.2, 0.25) is 0 Å². The summed E-state index contributed by atoms with van der Waals surface area (Å²) < 4.78 is 67.1. The summed E-state index contributed by atoms with van der Waals surface area (Å²) in [5.74, 6) is 0.595. The van der Waals surface area contributed by atoms with Gasteiger partial charge < -0.3 is 4.90 Å². The summed E-state index contributed by atoms with van der Waals surface area (Å²) in [6, 6.07) is 12.2. The average Bonchev–Trinajstić information content (AvgIpc) is 2.81. The van der Waals surface area contributed by atoms with E-state index in [2.05, 4.69) is 29.3 Å². The number of anilines is 1. The lowest BCUT2D eigenvalue weighted by Gasteiger charge is -2.34. The van der Waals surface area contributed by atoms with Crippen LogP contribution >= 0.6 is 0 Å². The van der Waals surface area contributed by atoms with Gasteiger partial charge in [-0.2, -0.15) is 17.5 Å². The molecule has 0 saturated carbocycles. The van der Waals surface area contributed by atoms with Gasteiger partial charge in [-0.1, -0.05) is 18.2 Å². The van der Waals surface area contributed by atoms with Crippen LogP contribution in [0.4, 0.5) is 19.0 Å². The Balaban J connectivity index is 1.49. The number of hydrogen-bond donors (Lipinski definition) is 0. The van der Waals surface area contributed by atoms with Gasteiger partial charge in [-0.05, 0) is 67.8 Å². The van der Waals surface area contributed by atoms with E-state index in [9.17, 15) is 21.6 Å². The summed E-state index contributed by atoms with van der Waals surface area (Å²) in [6.07, 6.45) is -4.75. The first kappa shape index (κ1) is 24.2. The van der Waals surface area contributed by atoms with E-state index in [1.807, 2.05) is 30.9 Å². The molecule has 34 heavy (non-hydrogen) atoms. The van der Waals surface area contributed by atoms with Crippen molar-refractivity contribution in [1.29, 1.82) is 0 Å². The molecule has 0 N–H and O–H groups in total. The third-order valence-electron chi connectivity index (χ3n) is 6.14. The molecule has 2 heterocycles. The Morgan fingerprint density at radius 1 is 0.824 bits per heavy atom. The molecule has 10 heteroatoms. The van der Waals surface area contributed by atoms with Crippen molar-refractivity contribution < 1.29 is 21.6 Å². The third kappa shape index (κ3) is 4.65. The van der Waals surface area contributed by atoms with Gasteiger partial charge in [0.15, 0.2) is 5.82 Å². The van der Waals surface area contributed by atoms with Gasteiger partial charge in [0.25, 0.3) is 0 Å². The van der Waals surface area contributed by atoms with Crippen molar-refractivity contribution in [2.24, 2.45) is 0 Å². The van der Waals surface area contributed by atoms with E-state index in [-0.39, 0.29) is 13.1 Å². The predicted molar refractivity (Wildman–Crippen MR) is 124 cm³/mol. The lowest BCUT2D eigenvalue weighted by molar-refractivity contribution is -0.139. The molecule has 2 aromatic carbocycles. The zero-order valence-corrected chi connectivity index (χ0v) is 19.9.